The van der Waals surface area contributed by atoms with Crippen LogP contribution >= 0.6 is 0 Å². The molecule has 0 unspecified atom stereocenters. The van der Waals surface area contributed by atoms with E-state index in [0.717, 1.165) is 22.3 Å². The maximum absolute atomic E-state index is 12.7. The van der Waals surface area contributed by atoms with E-state index in [4.69, 9.17) is 19.9 Å². The van der Waals surface area contributed by atoms with Gasteiger partial charge in [0, 0.05) is 13.0 Å². The van der Waals surface area contributed by atoms with Gasteiger partial charge in [-0.15, -0.1) is 0 Å². The first kappa shape index (κ1) is 24.0. The van der Waals surface area contributed by atoms with Crippen molar-refractivity contribution in [3.63, 3.8) is 0 Å². The summed E-state index contributed by atoms with van der Waals surface area (Å²) >= 11 is 0. The Morgan fingerprint density at radius 1 is 0.971 bits per heavy atom. The number of ether oxygens (including phenoxy) is 3. The van der Waals surface area contributed by atoms with Gasteiger partial charge in [0.2, 0.25) is 12.7 Å². The normalized spacial score (nSPS) is 12.7. The average Bonchev–Trinajstić information content (AvgIpc) is 3.32. The zero-order valence-corrected chi connectivity index (χ0v) is 19.3. The van der Waals surface area contributed by atoms with E-state index < -0.39 is 23.9 Å². The molecule has 180 valence electrons. The molecule has 0 spiro atoms. The third-order valence-corrected chi connectivity index (χ3v) is 5.62. The summed E-state index contributed by atoms with van der Waals surface area (Å²) in [5.41, 5.74) is 9.30. The van der Waals surface area contributed by atoms with E-state index in [1.807, 2.05) is 49.4 Å². The van der Waals surface area contributed by atoms with E-state index in [1.54, 1.807) is 24.3 Å². The lowest BCUT2D eigenvalue weighted by Crippen LogP contribution is -2.39. The summed E-state index contributed by atoms with van der Waals surface area (Å²) in [5, 5.41) is 3.07. The van der Waals surface area contributed by atoms with Gasteiger partial charge < -0.3 is 25.3 Å². The fourth-order valence-corrected chi connectivity index (χ4v) is 3.75. The van der Waals surface area contributed by atoms with Crippen molar-refractivity contribution in [2.24, 2.45) is 5.73 Å². The number of amides is 1. The number of nitrogens with one attached hydrogen (secondary N) is 1. The van der Waals surface area contributed by atoms with Crippen molar-refractivity contribution in [1.29, 1.82) is 0 Å². The number of primary amides is 1. The number of fused-ring (bicyclic) bond motifs is 1. The summed E-state index contributed by atoms with van der Waals surface area (Å²) in [6.07, 6.45) is 0.106. The van der Waals surface area contributed by atoms with Crippen molar-refractivity contribution >= 4 is 17.8 Å². The highest BCUT2D eigenvalue weighted by Gasteiger charge is 2.24. The minimum atomic E-state index is -0.861. The molecule has 0 saturated heterocycles. The molecule has 0 radical (unpaired) electrons. The molecule has 3 aromatic carbocycles. The second kappa shape index (κ2) is 10.8. The summed E-state index contributed by atoms with van der Waals surface area (Å²) in [6, 6.07) is 19.2. The van der Waals surface area contributed by atoms with Crippen molar-refractivity contribution in [3.05, 3.63) is 83.4 Å². The Labute approximate surface area is 203 Å². The van der Waals surface area contributed by atoms with Gasteiger partial charge in [0.1, 0.15) is 6.04 Å². The molecule has 1 heterocycles. The molecule has 0 fully saturated rings. The van der Waals surface area contributed by atoms with Crippen LogP contribution in [0.4, 0.5) is 0 Å². The molecule has 0 aliphatic carbocycles. The van der Waals surface area contributed by atoms with Crippen LogP contribution in [0, 0.1) is 6.92 Å². The van der Waals surface area contributed by atoms with Gasteiger partial charge in [-0.1, -0.05) is 48.0 Å². The predicted molar refractivity (Wildman–Crippen MR) is 129 cm³/mol. The third kappa shape index (κ3) is 6.24. The van der Waals surface area contributed by atoms with Gasteiger partial charge >= 0.3 is 11.9 Å². The molecule has 1 aliphatic heterocycles. The van der Waals surface area contributed by atoms with E-state index >= 15 is 0 Å². The lowest BCUT2D eigenvalue weighted by atomic mass is 10.0. The molecular weight excluding hydrogens is 448 g/mol. The van der Waals surface area contributed by atoms with Crippen LogP contribution in [0.5, 0.6) is 11.5 Å². The van der Waals surface area contributed by atoms with Crippen LogP contribution in [0.1, 0.15) is 34.3 Å². The van der Waals surface area contributed by atoms with Crippen molar-refractivity contribution in [1.82, 2.24) is 5.32 Å². The maximum Gasteiger partial charge on any atom is 0.345 e. The van der Waals surface area contributed by atoms with Crippen molar-refractivity contribution in [2.45, 2.75) is 32.4 Å². The van der Waals surface area contributed by atoms with Crippen molar-refractivity contribution in [2.75, 3.05) is 6.79 Å². The first-order chi connectivity index (χ1) is 16.9. The zero-order chi connectivity index (χ0) is 24.8. The van der Waals surface area contributed by atoms with Crippen LogP contribution in [0.25, 0.3) is 11.1 Å². The van der Waals surface area contributed by atoms with Gasteiger partial charge in [-0.2, -0.15) is 0 Å². The maximum atomic E-state index is 12.7. The fraction of sp³-hybridized carbons (Fsp3) is 0.222. The number of carbonyl (C=O) groups is 3. The van der Waals surface area contributed by atoms with Crippen LogP contribution in [-0.2, 0) is 20.9 Å². The molecule has 3 aromatic rings. The number of hydrogen-bond acceptors (Lipinski definition) is 7. The van der Waals surface area contributed by atoms with Gasteiger partial charge in [0.15, 0.2) is 11.5 Å². The fourth-order valence-electron chi connectivity index (χ4n) is 3.75. The summed E-state index contributed by atoms with van der Waals surface area (Å²) in [4.78, 5) is 36.6. The van der Waals surface area contributed by atoms with Crippen LogP contribution in [0.2, 0.25) is 0 Å². The molecule has 1 amide bonds. The number of rotatable bonds is 9. The number of hydrogen-bond donors (Lipinski definition) is 2. The Kier molecular flexibility index (Phi) is 7.42. The SMILES string of the molecule is Cc1cccc(CN[C@@H](CCC(N)=O)C(=O)OC(=O)c2ccc(-c3ccc4c(c3)OCO4)cc2)c1. The largest absolute Gasteiger partial charge is 0.454 e. The second-order valence-corrected chi connectivity index (χ2v) is 8.28. The third-order valence-electron chi connectivity index (χ3n) is 5.62. The Balaban J connectivity index is 1.40. The summed E-state index contributed by atoms with van der Waals surface area (Å²) in [7, 11) is 0. The van der Waals surface area contributed by atoms with E-state index in [9.17, 15) is 14.4 Å². The van der Waals surface area contributed by atoms with Crippen LogP contribution in [0.15, 0.2) is 66.7 Å². The van der Waals surface area contributed by atoms with Crippen molar-refractivity contribution < 1.29 is 28.6 Å². The molecule has 3 N–H and O–H groups in total. The Morgan fingerprint density at radius 3 is 2.46 bits per heavy atom. The van der Waals surface area contributed by atoms with E-state index in [-0.39, 0.29) is 25.2 Å². The average molecular weight is 475 g/mol. The Bertz CT molecular complexity index is 1240. The topological polar surface area (TPSA) is 117 Å². The van der Waals surface area contributed by atoms with Crippen LogP contribution in [0.3, 0.4) is 0 Å². The van der Waals surface area contributed by atoms with Gasteiger partial charge in [0.25, 0.3) is 0 Å². The highest BCUT2D eigenvalue weighted by molar-refractivity contribution is 5.98. The highest BCUT2D eigenvalue weighted by atomic mass is 16.7. The quantitative estimate of drug-likeness (QED) is 0.360. The van der Waals surface area contributed by atoms with Gasteiger partial charge in [0.05, 0.1) is 5.56 Å². The van der Waals surface area contributed by atoms with Crippen LogP contribution < -0.4 is 20.5 Å². The zero-order valence-electron chi connectivity index (χ0n) is 19.3. The Hall–Kier alpha value is -4.17. The molecule has 0 bridgehead atoms. The van der Waals surface area contributed by atoms with Crippen molar-refractivity contribution in [3.8, 4) is 22.6 Å². The lowest BCUT2D eigenvalue weighted by molar-refractivity contribution is -0.140. The Morgan fingerprint density at radius 2 is 1.71 bits per heavy atom. The molecule has 0 aromatic heterocycles. The minimum absolute atomic E-state index is 0.0149. The van der Waals surface area contributed by atoms with Gasteiger partial charge in [-0.05, 0) is 54.3 Å². The van der Waals surface area contributed by atoms with E-state index in [1.165, 1.54) is 0 Å². The van der Waals surface area contributed by atoms with Gasteiger partial charge in [-0.3, -0.25) is 4.79 Å². The smallest absolute Gasteiger partial charge is 0.345 e. The molecule has 35 heavy (non-hydrogen) atoms. The van der Waals surface area contributed by atoms with Crippen LogP contribution in [-0.4, -0.2) is 30.7 Å². The summed E-state index contributed by atoms with van der Waals surface area (Å²) in [6.45, 7) is 2.54. The summed E-state index contributed by atoms with van der Waals surface area (Å²) < 4.78 is 15.9. The molecule has 8 heteroatoms. The number of nitrogens with two attached hydrogens (primary N) is 1. The highest BCUT2D eigenvalue weighted by Crippen LogP contribution is 2.35. The minimum Gasteiger partial charge on any atom is -0.454 e. The molecule has 0 saturated carbocycles. The number of esters is 2. The first-order valence-electron chi connectivity index (χ1n) is 11.2. The molecule has 8 nitrogen and oxygen atoms in total. The summed E-state index contributed by atoms with van der Waals surface area (Å²) in [5.74, 6) is -0.714. The van der Waals surface area contributed by atoms with E-state index in [0.29, 0.717) is 18.0 Å². The molecule has 1 atom stereocenters. The monoisotopic (exact) mass is 474 g/mol. The lowest BCUT2D eigenvalue weighted by Gasteiger charge is -2.17. The van der Waals surface area contributed by atoms with Gasteiger partial charge in [-0.25, -0.2) is 9.59 Å². The number of carbonyl (C=O) groups excluding carboxylic acids is 3. The van der Waals surface area contributed by atoms with E-state index in [2.05, 4.69) is 5.32 Å². The predicted octanol–water partition coefficient (Wildman–Crippen LogP) is 3.50. The molecular formula is C27H26N2O6. The number of aryl methyl sites for hydroxylation is 1. The molecule has 4 rings (SSSR count). The standard InChI is InChI=1S/C27H26N2O6/c1-17-3-2-4-18(13-17)15-29-22(10-12-25(28)30)27(32)35-26(31)20-7-5-19(6-8-20)21-9-11-23-24(14-21)34-16-33-23/h2-9,11,13-14,22,29H,10,12,15-16H2,1H3,(H2,28,30)/t22-/m0/s1. The number of benzene rings is 3. The first-order valence-corrected chi connectivity index (χ1v) is 11.2. The second-order valence-electron chi connectivity index (χ2n) is 8.28. The molecule has 1 aliphatic rings.